The highest BCUT2D eigenvalue weighted by molar-refractivity contribution is 7.18. The molecule has 0 spiro atoms. The van der Waals surface area contributed by atoms with Crippen LogP contribution in [-0.4, -0.2) is 40.3 Å². The van der Waals surface area contributed by atoms with E-state index in [-0.39, 0.29) is 24.3 Å². The largest absolute Gasteiger partial charge is 0.333 e. The van der Waals surface area contributed by atoms with Crippen LogP contribution in [0.2, 0.25) is 0 Å². The number of nitrogens with zero attached hydrogens (tertiary/aromatic N) is 2. The number of hydrogen-bond acceptors (Lipinski definition) is 5. The van der Waals surface area contributed by atoms with Gasteiger partial charge in [-0.25, -0.2) is 9.78 Å². The molecule has 8 heteroatoms. The number of amides is 4. The van der Waals surface area contributed by atoms with Gasteiger partial charge in [-0.1, -0.05) is 12.1 Å². The predicted molar refractivity (Wildman–Crippen MR) is 93.0 cm³/mol. The maximum atomic E-state index is 12.6. The van der Waals surface area contributed by atoms with Gasteiger partial charge < -0.3 is 10.2 Å². The van der Waals surface area contributed by atoms with Crippen molar-refractivity contribution in [3.63, 3.8) is 0 Å². The summed E-state index contributed by atoms with van der Waals surface area (Å²) in [6, 6.07) is 6.89. The Kier molecular flexibility index (Phi) is 4.12. The molecule has 4 amide bonds. The highest BCUT2D eigenvalue weighted by Crippen LogP contribution is 2.36. The number of para-hydroxylation sites is 1. The number of nitrogens with one attached hydrogen (secondary N) is 2. The van der Waals surface area contributed by atoms with E-state index < -0.39 is 12.1 Å². The molecule has 0 aliphatic carbocycles. The van der Waals surface area contributed by atoms with E-state index in [1.165, 1.54) is 0 Å². The number of carbonyl (C=O) groups excluding carboxylic acids is 3. The Morgan fingerprint density at radius 1 is 1.32 bits per heavy atom. The number of thiazole rings is 1. The van der Waals surface area contributed by atoms with Crippen molar-refractivity contribution < 1.29 is 14.4 Å². The summed E-state index contributed by atoms with van der Waals surface area (Å²) in [6.45, 7) is 0.711. The molecule has 4 rings (SSSR count). The second kappa shape index (κ2) is 6.44. The summed E-state index contributed by atoms with van der Waals surface area (Å²) in [5.74, 6) is -0.349. The van der Waals surface area contributed by atoms with E-state index in [9.17, 15) is 14.4 Å². The molecule has 2 fully saturated rings. The number of benzene rings is 1. The van der Waals surface area contributed by atoms with Gasteiger partial charge in [0.25, 0.3) is 5.91 Å². The molecule has 25 heavy (non-hydrogen) atoms. The minimum atomic E-state index is -0.611. The molecule has 2 aliphatic heterocycles. The second-order valence-corrected chi connectivity index (χ2v) is 7.38. The predicted octanol–water partition coefficient (Wildman–Crippen LogP) is 1.95. The van der Waals surface area contributed by atoms with E-state index in [4.69, 9.17) is 4.98 Å². The van der Waals surface area contributed by atoms with Crippen LogP contribution in [0.5, 0.6) is 0 Å². The Morgan fingerprint density at radius 2 is 2.16 bits per heavy atom. The fraction of sp³-hybridized carbons (Fsp3) is 0.412. The number of urea groups is 1. The fourth-order valence-electron chi connectivity index (χ4n) is 3.43. The monoisotopic (exact) mass is 358 g/mol. The molecule has 0 radical (unpaired) electrons. The Labute approximate surface area is 148 Å². The standard InChI is InChI=1S/C17H18N4O3S/c22-14(8-7-11-15(23)20-17(24)19-11)21-9-3-5-12(21)16-18-10-4-1-2-6-13(10)25-16/h1-2,4,6,11-12H,3,5,7-9H2,(H2,19,20,23,24)/t11-,12+/m1/s1. The van der Waals surface area contributed by atoms with Crippen LogP contribution in [0.25, 0.3) is 10.2 Å². The number of fused-ring (bicyclic) bond motifs is 1. The van der Waals surface area contributed by atoms with Gasteiger partial charge in [0.05, 0.1) is 16.3 Å². The second-order valence-electron chi connectivity index (χ2n) is 6.32. The van der Waals surface area contributed by atoms with Crippen LogP contribution >= 0.6 is 11.3 Å². The number of imide groups is 1. The average molecular weight is 358 g/mol. The topological polar surface area (TPSA) is 91.4 Å². The Morgan fingerprint density at radius 3 is 2.92 bits per heavy atom. The van der Waals surface area contributed by atoms with Crippen LogP contribution < -0.4 is 10.6 Å². The first-order valence-corrected chi connectivity index (χ1v) is 9.20. The third-order valence-electron chi connectivity index (χ3n) is 4.67. The van der Waals surface area contributed by atoms with Crippen LogP contribution in [-0.2, 0) is 9.59 Å². The van der Waals surface area contributed by atoms with Crippen molar-refractivity contribution in [1.82, 2.24) is 20.5 Å². The summed E-state index contributed by atoms with van der Waals surface area (Å²) >= 11 is 1.63. The molecule has 1 aromatic carbocycles. The maximum Gasteiger partial charge on any atom is 0.322 e. The summed E-state index contributed by atoms with van der Waals surface area (Å²) in [6.07, 6.45) is 2.42. The lowest BCUT2D eigenvalue weighted by atomic mass is 10.1. The van der Waals surface area contributed by atoms with Crippen molar-refractivity contribution in [1.29, 1.82) is 0 Å². The molecule has 2 saturated heterocycles. The van der Waals surface area contributed by atoms with Gasteiger partial charge in [0, 0.05) is 13.0 Å². The van der Waals surface area contributed by atoms with Crippen LogP contribution in [0.4, 0.5) is 4.79 Å². The number of rotatable bonds is 4. The third kappa shape index (κ3) is 3.09. The molecule has 0 bridgehead atoms. The molecule has 1 aromatic heterocycles. The van der Waals surface area contributed by atoms with Gasteiger partial charge in [-0.2, -0.15) is 0 Å². The molecule has 2 aliphatic rings. The van der Waals surface area contributed by atoms with Crippen molar-refractivity contribution in [2.45, 2.75) is 37.8 Å². The minimum absolute atomic E-state index is 0.00991. The summed E-state index contributed by atoms with van der Waals surface area (Å²) < 4.78 is 1.13. The van der Waals surface area contributed by atoms with E-state index >= 15 is 0 Å². The number of likely N-dealkylation sites (tertiary alicyclic amines) is 1. The molecule has 130 valence electrons. The first-order valence-electron chi connectivity index (χ1n) is 8.38. The molecule has 2 atom stereocenters. The van der Waals surface area contributed by atoms with E-state index in [2.05, 4.69) is 10.6 Å². The third-order valence-corrected chi connectivity index (χ3v) is 5.81. The normalized spacial score (nSPS) is 23.1. The van der Waals surface area contributed by atoms with Gasteiger partial charge in [-0.15, -0.1) is 11.3 Å². The number of aromatic nitrogens is 1. The summed E-state index contributed by atoms with van der Waals surface area (Å²) in [7, 11) is 0. The van der Waals surface area contributed by atoms with Gasteiger partial charge >= 0.3 is 6.03 Å². The van der Waals surface area contributed by atoms with Crippen LogP contribution in [0, 0.1) is 0 Å². The zero-order chi connectivity index (χ0) is 17.4. The minimum Gasteiger partial charge on any atom is -0.333 e. The quantitative estimate of drug-likeness (QED) is 0.817. The van der Waals surface area contributed by atoms with E-state index in [0.717, 1.165) is 28.1 Å². The van der Waals surface area contributed by atoms with Crippen LogP contribution in [0.15, 0.2) is 24.3 Å². The Hall–Kier alpha value is -2.48. The molecular weight excluding hydrogens is 340 g/mol. The Balaban J connectivity index is 1.44. The fourth-order valence-corrected chi connectivity index (χ4v) is 4.54. The zero-order valence-electron chi connectivity index (χ0n) is 13.5. The molecule has 0 unspecified atom stereocenters. The van der Waals surface area contributed by atoms with Crippen molar-refractivity contribution in [2.75, 3.05) is 6.54 Å². The lowest BCUT2D eigenvalue weighted by Gasteiger charge is -2.23. The average Bonchev–Trinajstić information content (AvgIpc) is 3.29. The van der Waals surface area contributed by atoms with Crippen molar-refractivity contribution in [2.24, 2.45) is 0 Å². The van der Waals surface area contributed by atoms with Gasteiger partial charge in [0.1, 0.15) is 11.0 Å². The van der Waals surface area contributed by atoms with Crippen LogP contribution in [0.3, 0.4) is 0 Å². The maximum absolute atomic E-state index is 12.6. The lowest BCUT2D eigenvalue weighted by Crippen LogP contribution is -2.34. The Bertz CT molecular complexity index is 816. The van der Waals surface area contributed by atoms with Crippen LogP contribution in [0.1, 0.15) is 36.7 Å². The molecule has 7 nitrogen and oxygen atoms in total. The first-order chi connectivity index (χ1) is 12.1. The van der Waals surface area contributed by atoms with Crippen molar-refractivity contribution in [3.05, 3.63) is 29.3 Å². The van der Waals surface area contributed by atoms with E-state index in [1.807, 2.05) is 29.2 Å². The number of hydrogen-bond donors (Lipinski definition) is 2. The molecule has 0 saturated carbocycles. The highest BCUT2D eigenvalue weighted by Gasteiger charge is 2.34. The summed E-state index contributed by atoms with van der Waals surface area (Å²) in [4.78, 5) is 41.9. The SMILES string of the molecule is O=C1NC(=O)[C@@H](CCC(=O)N2CCC[C@H]2c2nc3ccccc3s2)N1. The van der Waals surface area contributed by atoms with Gasteiger partial charge in [0.2, 0.25) is 5.91 Å². The van der Waals surface area contributed by atoms with E-state index in [0.29, 0.717) is 13.0 Å². The summed E-state index contributed by atoms with van der Waals surface area (Å²) in [5, 5.41) is 5.69. The molecular formula is C17H18N4O3S. The summed E-state index contributed by atoms with van der Waals surface area (Å²) in [5.41, 5.74) is 0.965. The first kappa shape index (κ1) is 16.0. The molecule has 3 heterocycles. The van der Waals surface area contributed by atoms with Gasteiger partial charge in [0.15, 0.2) is 0 Å². The molecule has 2 N–H and O–H groups in total. The highest BCUT2D eigenvalue weighted by atomic mass is 32.1. The lowest BCUT2D eigenvalue weighted by molar-refractivity contribution is -0.132. The number of carbonyl (C=O) groups is 3. The molecule has 2 aromatic rings. The van der Waals surface area contributed by atoms with Crippen molar-refractivity contribution >= 4 is 39.4 Å². The van der Waals surface area contributed by atoms with Gasteiger partial charge in [-0.3, -0.25) is 14.9 Å². The smallest absolute Gasteiger partial charge is 0.322 e. The zero-order valence-corrected chi connectivity index (χ0v) is 14.3. The van der Waals surface area contributed by atoms with Crippen molar-refractivity contribution in [3.8, 4) is 0 Å². The van der Waals surface area contributed by atoms with E-state index in [1.54, 1.807) is 11.3 Å². The van der Waals surface area contributed by atoms with Gasteiger partial charge in [-0.05, 0) is 31.4 Å².